The van der Waals surface area contributed by atoms with Crippen LogP contribution in [0.25, 0.3) is 16.6 Å². The molecule has 0 atom stereocenters. The van der Waals surface area contributed by atoms with Crippen molar-refractivity contribution in [1.29, 1.82) is 0 Å². The van der Waals surface area contributed by atoms with E-state index in [-0.39, 0.29) is 30.3 Å². The molecule has 0 aliphatic carbocycles. The van der Waals surface area contributed by atoms with Gasteiger partial charge in [0.15, 0.2) is 0 Å². The molecule has 8 nitrogen and oxygen atoms in total. The van der Waals surface area contributed by atoms with E-state index in [4.69, 9.17) is 0 Å². The Morgan fingerprint density at radius 3 is 2.42 bits per heavy atom. The van der Waals surface area contributed by atoms with Gasteiger partial charge in [0.25, 0.3) is 11.5 Å². The zero-order valence-electron chi connectivity index (χ0n) is 18.1. The van der Waals surface area contributed by atoms with E-state index in [2.05, 4.69) is 20.6 Å². The first kappa shape index (κ1) is 21.9. The van der Waals surface area contributed by atoms with Gasteiger partial charge in [-0.2, -0.15) is 0 Å². The zero-order valence-corrected chi connectivity index (χ0v) is 18.1. The molecule has 0 saturated carbocycles. The molecule has 0 fully saturated rings. The number of rotatable bonds is 7. The number of nitrogens with zero attached hydrogens (tertiary/aromatic N) is 3. The highest BCUT2D eigenvalue weighted by atomic mass is 16.2. The number of carbonyl (C=O) groups excluding carboxylic acids is 2. The maximum absolute atomic E-state index is 12.9. The van der Waals surface area contributed by atoms with Crippen LogP contribution in [-0.4, -0.2) is 32.9 Å². The van der Waals surface area contributed by atoms with Gasteiger partial charge in [-0.3, -0.25) is 23.9 Å². The lowest BCUT2D eigenvalue weighted by Crippen LogP contribution is -2.30. The zero-order chi connectivity index (χ0) is 23.2. The van der Waals surface area contributed by atoms with Gasteiger partial charge in [-0.1, -0.05) is 12.1 Å². The number of pyridine rings is 1. The number of hydrogen-bond acceptors (Lipinski definition) is 5. The fourth-order valence-corrected chi connectivity index (χ4v) is 3.49. The van der Waals surface area contributed by atoms with E-state index >= 15 is 0 Å². The molecular formula is C25H23N5O3. The highest BCUT2D eigenvalue weighted by molar-refractivity contribution is 5.94. The van der Waals surface area contributed by atoms with Crippen molar-refractivity contribution in [3.05, 3.63) is 100 Å². The molecule has 0 unspecified atom stereocenters. The Morgan fingerprint density at radius 2 is 1.67 bits per heavy atom. The molecule has 4 aromatic rings. The molecular weight excluding hydrogens is 418 g/mol. The smallest absolute Gasteiger partial charge is 0.265 e. The van der Waals surface area contributed by atoms with Crippen LogP contribution < -0.4 is 16.2 Å². The van der Waals surface area contributed by atoms with E-state index in [9.17, 15) is 14.4 Å². The fraction of sp³-hybridized carbons (Fsp3) is 0.160. The summed E-state index contributed by atoms with van der Waals surface area (Å²) in [5, 5.41) is 6.08. The van der Waals surface area contributed by atoms with Crippen molar-refractivity contribution in [3.63, 3.8) is 0 Å². The third-order valence-electron chi connectivity index (χ3n) is 5.21. The van der Waals surface area contributed by atoms with E-state index < -0.39 is 0 Å². The Bertz CT molecular complexity index is 1350. The van der Waals surface area contributed by atoms with Crippen LogP contribution in [0, 0.1) is 6.92 Å². The Hall–Kier alpha value is -4.33. The van der Waals surface area contributed by atoms with Gasteiger partial charge in [-0.15, -0.1) is 0 Å². The maximum Gasteiger partial charge on any atom is 0.265 e. The van der Waals surface area contributed by atoms with E-state index in [1.807, 2.05) is 18.2 Å². The minimum Gasteiger partial charge on any atom is -0.352 e. The summed E-state index contributed by atoms with van der Waals surface area (Å²) in [5.74, 6) is 0.124. The van der Waals surface area contributed by atoms with Crippen molar-refractivity contribution >= 4 is 22.7 Å². The normalized spacial score (nSPS) is 10.7. The second-order valence-electron chi connectivity index (χ2n) is 7.50. The first-order valence-corrected chi connectivity index (χ1v) is 10.6. The average molecular weight is 441 g/mol. The van der Waals surface area contributed by atoms with Crippen LogP contribution in [0.3, 0.4) is 0 Å². The second-order valence-corrected chi connectivity index (χ2v) is 7.50. The summed E-state index contributed by atoms with van der Waals surface area (Å²) in [6.07, 6.45) is 3.51. The molecule has 33 heavy (non-hydrogen) atoms. The number of fused-ring (bicyclic) bond motifs is 1. The van der Waals surface area contributed by atoms with E-state index in [0.717, 1.165) is 5.56 Å². The highest BCUT2D eigenvalue weighted by Gasteiger charge is 2.11. The van der Waals surface area contributed by atoms with Gasteiger partial charge in [0, 0.05) is 37.5 Å². The van der Waals surface area contributed by atoms with E-state index in [0.29, 0.717) is 34.5 Å². The van der Waals surface area contributed by atoms with Gasteiger partial charge in [0.05, 0.1) is 16.6 Å². The number of aryl methyl sites for hydroxylation is 1. The predicted octanol–water partition coefficient (Wildman–Crippen LogP) is 2.53. The van der Waals surface area contributed by atoms with Crippen LogP contribution in [0.4, 0.5) is 0 Å². The Morgan fingerprint density at radius 1 is 0.939 bits per heavy atom. The summed E-state index contributed by atoms with van der Waals surface area (Å²) in [6, 6.07) is 17.6. The van der Waals surface area contributed by atoms with E-state index in [1.54, 1.807) is 61.8 Å². The van der Waals surface area contributed by atoms with Crippen molar-refractivity contribution in [3.8, 4) is 5.69 Å². The van der Waals surface area contributed by atoms with Crippen LogP contribution in [0.5, 0.6) is 0 Å². The van der Waals surface area contributed by atoms with Gasteiger partial charge in [0.2, 0.25) is 5.91 Å². The van der Waals surface area contributed by atoms with Crippen molar-refractivity contribution in [2.24, 2.45) is 0 Å². The highest BCUT2D eigenvalue weighted by Crippen LogP contribution is 2.13. The maximum atomic E-state index is 12.9. The number of benzene rings is 2. The van der Waals surface area contributed by atoms with Crippen molar-refractivity contribution < 1.29 is 9.59 Å². The standard InChI is InChI=1S/C25H23N5O3/c1-17-29-22-5-3-2-4-21(22)25(33)30(17)20-8-6-19(7-9-20)24(32)27-15-12-23(31)28-16-18-10-13-26-14-11-18/h2-11,13-14H,12,15-16H2,1H3,(H,27,32)(H,28,31). The van der Waals surface area contributed by atoms with Gasteiger partial charge >= 0.3 is 0 Å². The third kappa shape index (κ3) is 5.12. The number of amides is 2. The van der Waals surface area contributed by atoms with Crippen LogP contribution in [0.15, 0.2) is 77.9 Å². The van der Waals surface area contributed by atoms with E-state index in [1.165, 1.54) is 4.57 Å². The summed E-state index contributed by atoms with van der Waals surface area (Å²) >= 11 is 0. The quantitative estimate of drug-likeness (QED) is 0.458. The first-order valence-electron chi connectivity index (χ1n) is 10.6. The molecule has 0 saturated heterocycles. The summed E-state index contributed by atoms with van der Waals surface area (Å²) in [6.45, 7) is 2.41. The molecule has 2 amide bonds. The largest absolute Gasteiger partial charge is 0.352 e. The Labute approximate surface area is 190 Å². The lowest BCUT2D eigenvalue weighted by molar-refractivity contribution is -0.121. The molecule has 0 spiro atoms. The Kier molecular flexibility index (Phi) is 6.54. The number of carbonyl (C=O) groups is 2. The van der Waals surface area contributed by atoms with Crippen molar-refractivity contribution in [2.75, 3.05) is 6.54 Å². The van der Waals surface area contributed by atoms with Crippen LogP contribution >= 0.6 is 0 Å². The van der Waals surface area contributed by atoms with Crippen molar-refractivity contribution in [2.45, 2.75) is 19.9 Å². The van der Waals surface area contributed by atoms with Gasteiger partial charge in [0.1, 0.15) is 5.82 Å². The lowest BCUT2D eigenvalue weighted by atomic mass is 10.1. The molecule has 2 aromatic carbocycles. The summed E-state index contributed by atoms with van der Waals surface area (Å²) in [7, 11) is 0. The fourth-order valence-electron chi connectivity index (χ4n) is 3.49. The molecule has 8 heteroatoms. The molecule has 0 aliphatic rings. The van der Waals surface area contributed by atoms with Gasteiger partial charge in [-0.25, -0.2) is 4.98 Å². The minimum atomic E-state index is -0.288. The molecule has 2 N–H and O–H groups in total. The van der Waals surface area contributed by atoms with Gasteiger partial charge in [-0.05, 0) is 61.0 Å². The first-order chi connectivity index (χ1) is 16.0. The lowest BCUT2D eigenvalue weighted by Gasteiger charge is -2.11. The predicted molar refractivity (Wildman–Crippen MR) is 125 cm³/mol. The second kappa shape index (κ2) is 9.86. The minimum absolute atomic E-state index is 0.152. The van der Waals surface area contributed by atoms with Crippen LogP contribution in [0.2, 0.25) is 0 Å². The topological polar surface area (TPSA) is 106 Å². The summed E-state index contributed by atoms with van der Waals surface area (Å²) in [4.78, 5) is 45.8. The molecule has 166 valence electrons. The number of nitrogens with one attached hydrogen (secondary N) is 2. The molecule has 4 rings (SSSR count). The molecule has 2 aromatic heterocycles. The molecule has 0 bridgehead atoms. The summed E-state index contributed by atoms with van der Waals surface area (Å²) in [5.41, 5.74) is 2.52. The molecule has 0 radical (unpaired) electrons. The number of aromatic nitrogens is 3. The van der Waals surface area contributed by atoms with Crippen molar-refractivity contribution in [1.82, 2.24) is 25.2 Å². The van der Waals surface area contributed by atoms with Gasteiger partial charge < -0.3 is 10.6 Å². The number of para-hydroxylation sites is 1. The SMILES string of the molecule is Cc1nc2ccccc2c(=O)n1-c1ccc(C(=O)NCCC(=O)NCc2ccncc2)cc1. The monoisotopic (exact) mass is 441 g/mol. The number of hydrogen-bond donors (Lipinski definition) is 2. The van der Waals surface area contributed by atoms with Crippen LogP contribution in [-0.2, 0) is 11.3 Å². The van der Waals surface area contributed by atoms with Crippen LogP contribution in [0.1, 0.15) is 28.2 Å². The summed E-state index contributed by atoms with van der Waals surface area (Å²) < 4.78 is 1.52. The molecule has 2 heterocycles. The Balaban J connectivity index is 1.35. The third-order valence-corrected chi connectivity index (χ3v) is 5.21. The average Bonchev–Trinajstić information content (AvgIpc) is 2.84. The molecule has 0 aliphatic heterocycles.